The topological polar surface area (TPSA) is 134 Å². The van der Waals surface area contributed by atoms with Crippen LogP contribution in [-0.4, -0.2) is 58.2 Å². The zero-order valence-corrected chi connectivity index (χ0v) is 24.4. The Balaban J connectivity index is 1.32. The van der Waals surface area contributed by atoms with Crippen molar-refractivity contribution in [1.29, 1.82) is 5.26 Å². The van der Waals surface area contributed by atoms with Gasteiger partial charge in [-0.3, -0.25) is 14.6 Å². The minimum absolute atomic E-state index is 0.0547. The predicted octanol–water partition coefficient (Wildman–Crippen LogP) is 4.59. The number of aromatic nitrogens is 3. The van der Waals surface area contributed by atoms with Gasteiger partial charge in [-0.15, -0.1) is 11.3 Å². The van der Waals surface area contributed by atoms with Gasteiger partial charge in [-0.05, 0) is 83.9 Å². The van der Waals surface area contributed by atoms with Crippen LogP contribution >= 0.6 is 11.3 Å². The molecule has 2 fully saturated rings. The molecule has 0 aromatic carbocycles. The second-order valence-corrected chi connectivity index (χ2v) is 13.1. The van der Waals surface area contributed by atoms with Crippen molar-refractivity contribution >= 4 is 28.1 Å². The molecule has 10 nitrogen and oxygen atoms in total. The summed E-state index contributed by atoms with van der Waals surface area (Å²) in [4.78, 5) is 27.7. The molecule has 0 saturated carbocycles. The summed E-state index contributed by atoms with van der Waals surface area (Å²) < 4.78 is 12.6. The molecule has 2 saturated heterocycles. The Labute approximate surface area is 243 Å². The summed E-state index contributed by atoms with van der Waals surface area (Å²) in [5.74, 6) is 2.26. The van der Waals surface area contributed by atoms with Gasteiger partial charge < -0.3 is 15.0 Å². The van der Waals surface area contributed by atoms with Crippen LogP contribution in [0.5, 0.6) is 5.88 Å². The second kappa shape index (κ2) is 10.1. The molecule has 2 aliphatic carbocycles. The second-order valence-electron chi connectivity index (χ2n) is 11.9. The van der Waals surface area contributed by atoms with Gasteiger partial charge in [0.2, 0.25) is 11.8 Å². The van der Waals surface area contributed by atoms with Crippen molar-refractivity contribution in [3.8, 4) is 23.5 Å². The quantitative estimate of drug-likeness (QED) is 0.465. The lowest BCUT2D eigenvalue weighted by Crippen LogP contribution is -2.38. The fourth-order valence-electron chi connectivity index (χ4n) is 7.62. The first kappa shape index (κ1) is 26.4. The van der Waals surface area contributed by atoms with E-state index in [4.69, 9.17) is 25.0 Å². The van der Waals surface area contributed by atoms with Gasteiger partial charge in [0, 0.05) is 35.5 Å². The third-order valence-corrected chi connectivity index (χ3v) is 10.6. The zero-order chi connectivity index (χ0) is 28.3. The fraction of sp³-hybridized carbons (Fsp3) is 0.567. The maximum Gasteiger partial charge on any atom is 0.228 e. The summed E-state index contributed by atoms with van der Waals surface area (Å²) in [5, 5.41) is 15.2. The molecule has 2 aliphatic heterocycles. The van der Waals surface area contributed by atoms with E-state index in [1.807, 2.05) is 0 Å². The van der Waals surface area contributed by atoms with E-state index in [2.05, 4.69) is 30.1 Å². The van der Waals surface area contributed by atoms with Crippen molar-refractivity contribution in [3.63, 3.8) is 0 Å². The molecule has 4 aliphatic rings. The molecule has 11 heteroatoms. The number of hydrogen-bond donors (Lipinski definition) is 1. The Morgan fingerprint density at radius 2 is 2.02 bits per heavy atom. The van der Waals surface area contributed by atoms with Crippen molar-refractivity contribution in [1.82, 2.24) is 20.0 Å². The number of nitrogens with two attached hydrogens (primary N) is 1. The maximum atomic E-state index is 12.7. The number of anilines is 2. The van der Waals surface area contributed by atoms with Crippen LogP contribution in [0.1, 0.15) is 85.6 Å². The lowest BCUT2D eigenvalue weighted by Gasteiger charge is -2.39. The van der Waals surface area contributed by atoms with Crippen LogP contribution in [0, 0.1) is 11.3 Å². The van der Waals surface area contributed by atoms with Crippen molar-refractivity contribution < 1.29 is 14.1 Å². The normalized spacial score (nSPS) is 24.9. The molecular formula is C30H35N7O3S. The highest BCUT2D eigenvalue weighted by Gasteiger charge is 2.49. The SMILES string of the molecule is C[C@H](Oc1cc(N2CCCC2=O)nc(-c2noc3c2CCC[C@@]32CCCc3sc(N)c(C#N)c32)n1)[C@@H]1CCCN1C. The van der Waals surface area contributed by atoms with Crippen LogP contribution < -0.4 is 15.4 Å². The number of likely N-dealkylation sites (N-methyl/N-ethyl adjacent to an activating group) is 1. The number of carbonyl (C=O) groups excluding carboxylic acids is 1. The highest BCUT2D eigenvalue weighted by molar-refractivity contribution is 7.16. The first-order valence-corrected chi connectivity index (χ1v) is 15.6. The Morgan fingerprint density at radius 1 is 1.20 bits per heavy atom. The number of hydrogen-bond acceptors (Lipinski definition) is 10. The maximum absolute atomic E-state index is 12.7. The van der Waals surface area contributed by atoms with Gasteiger partial charge in [-0.1, -0.05) is 5.16 Å². The Kier molecular flexibility index (Phi) is 6.51. The number of amides is 1. The largest absolute Gasteiger partial charge is 0.473 e. The van der Waals surface area contributed by atoms with E-state index >= 15 is 0 Å². The molecule has 0 bridgehead atoms. The molecule has 41 heavy (non-hydrogen) atoms. The molecule has 3 aromatic rings. The van der Waals surface area contributed by atoms with Crippen molar-refractivity contribution in [2.24, 2.45) is 0 Å². The summed E-state index contributed by atoms with van der Waals surface area (Å²) >= 11 is 1.53. The molecule has 0 radical (unpaired) electrons. The van der Waals surface area contributed by atoms with Crippen LogP contribution in [0.3, 0.4) is 0 Å². The van der Waals surface area contributed by atoms with Gasteiger partial charge in [0.15, 0.2) is 17.3 Å². The van der Waals surface area contributed by atoms with Gasteiger partial charge in [0.1, 0.15) is 23.0 Å². The molecule has 214 valence electrons. The first-order valence-electron chi connectivity index (χ1n) is 14.8. The number of aryl methyl sites for hydroxylation is 1. The number of nitrogen functional groups attached to an aromatic ring is 1. The molecule has 2 N–H and O–H groups in total. The molecule has 5 heterocycles. The number of ether oxygens (including phenoxy) is 1. The Hall–Kier alpha value is -3.49. The predicted molar refractivity (Wildman–Crippen MR) is 155 cm³/mol. The summed E-state index contributed by atoms with van der Waals surface area (Å²) in [6, 6.07) is 4.47. The average molecular weight is 574 g/mol. The molecule has 3 aromatic heterocycles. The Bertz CT molecular complexity index is 1550. The summed E-state index contributed by atoms with van der Waals surface area (Å²) in [7, 11) is 2.13. The van der Waals surface area contributed by atoms with Crippen LogP contribution in [-0.2, 0) is 23.1 Å². The summed E-state index contributed by atoms with van der Waals surface area (Å²) in [6.45, 7) is 3.75. The van der Waals surface area contributed by atoms with Crippen LogP contribution in [0.4, 0.5) is 10.8 Å². The number of nitriles is 1. The smallest absolute Gasteiger partial charge is 0.228 e. The van der Waals surface area contributed by atoms with Gasteiger partial charge in [0.05, 0.1) is 11.0 Å². The number of fused-ring (bicyclic) bond motifs is 4. The molecule has 1 amide bonds. The molecule has 0 unspecified atom stereocenters. The highest BCUT2D eigenvalue weighted by Crippen LogP contribution is 2.55. The zero-order valence-electron chi connectivity index (χ0n) is 23.6. The number of rotatable bonds is 5. The van der Waals surface area contributed by atoms with Crippen molar-refractivity contribution in [2.45, 2.75) is 88.7 Å². The van der Waals surface area contributed by atoms with Gasteiger partial charge >= 0.3 is 0 Å². The van der Waals surface area contributed by atoms with E-state index in [0.717, 1.165) is 81.2 Å². The molecule has 7 rings (SSSR count). The Morgan fingerprint density at radius 3 is 2.76 bits per heavy atom. The highest BCUT2D eigenvalue weighted by atomic mass is 32.1. The lowest BCUT2D eigenvalue weighted by molar-refractivity contribution is -0.117. The average Bonchev–Trinajstić information content (AvgIpc) is 3.75. The lowest BCUT2D eigenvalue weighted by atomic mass is 9.63. The monoisotopic (exact) mass is 573 g/mol. The van der Waals surface area contributed by atoms with Crippen LogP contribution in [0.15, 0.2) is 10.6 Å². The van der Waals surface area contributed by atoms with E-state index in [1.54, 1.807) is 11.0 Å². The van der Waals surface area contributed by atoms with E-state index in [-0.39, 0.29) is 12.0 Å². The third kappa shape index (κ3) is 4.22. The van der Waals surface area contributed by atoms with Gasteiger partial charge in [-0.25, -0.2) is 4.98 Å². The number of carbonyl (C=O) groups is 1. The van der Waals surface area contributed by atoms with E-state index in [0.29, 0.717) is 52.8 Å². The minimum atomic E-state index is -0.422. The first-order chi connectivity index (χ1) is 19.9. The fourth-order valence-corrected chi connectivity index (χ4v) is 8.78. The van der Waals surface area contributed by atoms with E-state index < -0.39 is 5.41 Å². The van der Waals surface area contributed by atoms with E-state index in [1.165, 1.54) is 16.2 Å². The van der Waals surface area contributed by atoms with Crippen molar-refractivity contribution in [3.05, 3.63) is 33.4 Å². The van der Waals surface area contributed by atoms with Gasteiger partial charge in [-0.2, -0.15) is 10.2 Å². The summed E-state index contributed by atoms with van der Waals surface area (Å²) in [6.07, 6.45) is 8.86. The summed E-state index contributed by atoms with van der Waals surface area (Å²) in [5.41, 5.74) is 9.09. The third-order valence-electron chi connectivity index (χ3n) is 9.54. The standard InChI is InChI=1S/C30H35N7O3S/c1-17(20-8-5-13-36(20)2)39-23-15-22(37-14-6-10-24(37)38)33-29(34-23)26-18-7-3-11-30(27(18)40-35-26)12-4-9-21-25(30)19(16-31)28(32)41-21/h15,17,20H,3-14,32H2,1-2H3/t17-,20-,30-/m0/s1. The molecule has 1 spiro atoms. The number of nitrogens with zero attached hydrogens (tertiary/aromatic N) is 6. The van der Waals surface area contributed by atoms with Gasteiger partial charge in [0.25, 0.3) is 0 Å². The number of likely N-dealkylation sites (tertiary alicyclic amines) is 1. The molecule has 3 atom stereocenters. The van der Waals surface area contributed by atoms with Crippen molar-refractivity contribution in [2.75, 3.05) is 30.8 Å². The van der Waals surface area contributed by atoms with E-state index in [9.17, 15) is 10.1 Å². The number of thiophene rings is 1. The minimum Gasteiger partial charge on any atom is -0.473 e. The van der Waals surface area contributed by atoms with Crippen LogP contribution in [0.2, 0.25) is 0 Å². The molecular weight excluding hydrogens is 538 g/mol. The van der Waals surface area contributed by atoms with Crippen LogP contribution in [0.25, 0.3) is 11.5 Å².